The highest BCUT2D eigenvalue weighted by Gasteiger charge is 2.36. The monoisotopic (exact) mass is 225 g/mol. The average molecular weight is 225 g/mol. The van der Waals surface area contributed by atoms with E-state index in [2.05, 4.69) is 9.05 Å². The Morgan fingerprint density at radius 2 is 1.79 bits per heavy atom. The average Bonchev–Trinajstić information content (AvgIpc) is 2.14. The summed E-state index contributed by atoms with van der Waals surface area (Å²) in [7, 11) is -0.991. The van der Waals surface area contributed by atoms with Crippen LogP contribution in [0.5, 0.6) is 0 Å². The third-order valence-corrected chi connectivity index (χ3v) is 4.01. The van der Waals surface area contributed by atoms with Gasteiger partial charge in [-0.1, -0.05) is 13.8 Å². The van der Waals surface area contributed by atoms with E-state index in [-0.39, 0.29) is 0 Å². The molecule has 0 heterocycles. The Bertz CT molecular complexity index is 202. The largest absolute Gasteiger partial charge is 0.379 e. The fraction of sp³-hybridized carbons (Fsp3) is 1.00. The van der Waals surface area contributed by atoms with E-state index in [0.717, 1.165) is 0 Å². The molecule has 0 amide bonds. The molecule has 86 valence electrons. The lowest BCUT2D eigenvalue weighted by atomic mass is 10.1. The number of nitrogens with two attached hydrogens (primary N) is 1. The summed E-state index contributed by atoms with van der Waals surface area (Å²) in [5.41, 5.74) is 5.67. The highest BCUT2D eigenvalue weighted by molar-refractivity contribution is 7.54. The number of rotatable bonds is 6. The van der Waals surface area contributed by atoms with Crippen molar-refractivity contribution < 1.29 is 18.7 Å². The second-order valence-corrected chi connectivity index (χ2v) is 5.95. The van der Waals surface area contributed by atoms with Crippen molar-refractivity contribution in [3.63, 3.8) is 0 Å². The van der Waals surface area contributed by atoms with Crippen molar-refractivity contribution in [2.24, 2.45) is 11.7 Å². The number of hydrogen-bond donors (Lipinski definition) is 2. The SMILES string of the molecule is COP(=O)(OC)C(O)[C@@H](N)CC(C)C. The summed E-state index contributed by atoms with van der Waals surface area (Å²) < 4.78 is 21.0. The van der Waals surface area contributed by atoms with Gasteiger partial charge in [-0.3, -0.25) is 4.57 Å². The van der Waals surface area contributed by atoms with Crippen molar-refractivity contribution in [1.82, 2.24) is 0 Å². The Kier molecular flexibility index (Phi) is 5.86. The second kappa shape index (κ2) is 5.83. The van der Waals surface area contributed by atoms with E-state index in [0.29, 0.717) is 12.3 Å². The second-order valence-electron chi connectivity index (χ2n) is 3.61. The van der Waals surface area contributed by atoms with Crippen LogP contribution < -0.4 is 5.73 Å². The van der Waals surface area contributed by atoms with E-state index >= 15 is 0 Å². The van der Waals surface area contributed by atoms with Crippen molar-refractivity contribution in [3.05, 3.63) is 0 Å². The Morgan fingerprint density at radius 1 is 1.36 bits per heavy atom. The van der Waals surface area contributed by atoms with E-state index in [1.165, 1.54) is 14.2 Å². The van der Waals surface area contributed by atoms with Gasteiger partial charge < -0.3 is 19.9 Å². The minimum Gasteiger partial charge on any atom is -0.379 e. The molecule has 0 aliphatic carbocycles. The minimum atomic E-state index is -3.45. The van der Waals surface area contributed by atoms with E-state index in [4.69, 9.17) is 5.73 Å². The quantitative estimate of drug-likeness (QED) is 0.663. The van der Waals surface area contributed by atoms with Gasteiger partial charge in [0.2, 0.25) is 0 Å². The maximum atomic E-state index is 11.7. The summed E-state index contributed by atoms with van der Waals surface area (Å²) >= 11 is 0. The van der Waals surface area contributed by atoms with Gasteiger partial charge in [0.1, 0.15) is 0 Å². The molecule has 0 aliphatic rings. The molecule has 0 saturated carbocycles. The summed E-state index contributed by atoms with van der Waals surface area (Å²) in [6, 6.07) is -0.597. The summed E-state index contributed by atoms with van der Waals surface area (Å²) in [5, 5.41) is 9.65. The molecule has 0 saturated heterocycles. The van der Waals surface area contributed by atoms with Crippen molar-refractivity contribution in [2.75, 3.05) is 14.2 Å². The van der Waals surface area contributed by atoms with Gasteiger partial charge in [-0.2, -0.15) is 0 Å². The minimum absolute atomic E-state index is 0.321. The zero-order chi connectivity index (χ0) is 11.4. The standard InChI is InChI=1S/C8H20NO4P/c1-6(2)5-7(9)8(10)14(11,12-3)13-4/h6-8,10H,5,9H2,1-4H3/t7-,8?/m0/s1. The molecule has 5 nitrogen and oxygen atoms in total. The lowest BCUT2D eigenvalue weighted by Crippen LogP contribution is -2.36. The Morgan fingerprint density at radius 3 is 2.07 bits per heavy atom. The lowest BCUT2D eigenvalue weighted by Gasteiger charge is -2.25. The van der Waals surface area contributed by atoms with E-state index in [9.17, 15) is 9.67 Å². The zero-order valence-corrected chi connectivity index (χ0v) is 10.0. The first kappa shape index (κ1) is 14.1. The van der Waals surface area contributed by atoms with Crippen LogP contribution in [0, 0.1) is 5.92 Å². The first-order valence-corrected chi connectivity index (χ1v) is 6.13. The Balaban J connectivity index is 4.43. The van der Waals surface area contributed by atoms with Crippen LogP contribution >= 0.6 is 7.60 Å². The van der Waals surface area contributed by atoms with Crippen LogP contribution in [0.25, 0.3) is 0 Å². The summed E-state index contributed by atoms with van der Waals surface area (Å²) in [6.07, 6.45) is 0.567. The molecule has 0 aromatic rings. The molecule has 0 rings (SSSR count). The van der Waals surface area contributed by atoms with Crippen molar-refractivity contribution in [2.45, 2.75) is 32.2 Å². The molecule has 0 fully saturated rings. The van der Waals surface area contributed by atoms with Gasteiger partial charge in [-0.05, 0) is 12.3 Å². The fourth-order valence-corrected chi connectivity index (χ4v) is 2.36. The molecule has 0 aliphatic heterocycles. The van der Waals surface area contributed by atoms with Crippen LogP contribution in [0.2, 0.25) is 0 Å². The normalized spacial score (nSPS) is 17.1. The Hall–Kier alpha value is 0.0700. The maximum Gasteiger partial charge on any atom is 0.359 e. The van der Waals surface area contributed by atoms with Gasteiger partial charge in [0, 0.05) is 20.3 Å². The number of aliphatic hydroxyl groups excluding tert-OH is 1. The van der Waals surface area contributed by atoms with E-state index in [1.807, 2.05) is 13.8 Å². The highest BCUT2D eigenvalue weighted by Crippen LogP contribution is 2.51. The van der Waals surface area contributed by atoms with Crippen LogP contribution in [0.1, 0.15) is 20.3 Å². The predicted octanol–water partition coefficient (Wildman–Crippen LogP) is 1.16. The summed E-state index contributed by atoms with van der Waals surface area (Å²) in [4.78, 5) is 0. The predicted molar refractivity (Wildman–Crippen MR) is 55.1 cm³/mol. The third kappa shape index (κ3) is 3.67. The molecule has 0 spiro atoms. The summed E-state index contributed by atoms with van der Waals surface area (Å²) in [6.45, 7) is 3.94. The molecule has 3 N–H and O–H groups in total. The van der Waals surface area contributed by atoms with Gasteiger partial charge in [0.25, 0.3) is 0 Å². The van der Waals surface area contributed by atoms with Crippen LogP contribution in [-0.2, 0) is 13.6 Å². The highest BCUT2D eigenvalue weighted by atomic mass is 31.2. The van der Waals surface area contributed by atoms with E-state index < -0.39 is 19.5 Å². The molecule has 0 aromatic carbocycles. The molecule has 0 bridgehead atoms. The molecule has 6 heteroatoms. The fourth-order valence-electron chi connectivity index (χ4n) is 1.19. The molecule has 0 radical (unpaired) electrons. The first-order chi connectivity index (χ1) is 6.37. The van der Waals surface area contributed by atoms with Crippen LogP contribution in [-0.4, -0.2) is 31.2 Å². The van der Waals surface area contributed by atoms with Crippen molar-refractivity contribution >= 4 is 7.60 Å². The van der Waals surface area contributed by atoms with Crippen LogP contribution in [0.15, 0.2) is 0 Å². The van der Waals surface area contributed by atoms with Crippen molar-refractivity contribution in [3.8, 4) is 0 Å². The van der Waals surface area contributed by atoms with Crippen LogP contribution in [0.4, 0.5) is 0 Å². The molecule has 0 aromatic heterocycles. The lowest BCUT2D eigenvalue weighted by molar-refractivity contribution is 0.147. The van der Waals surface area contributed by atoms with Gasteiger partial charge >= 0.3 is 7.60 Å². The molecular formula is C8H20NO4P. The number of aliphatic hydroxyl groups is 1. The topological polar surface area (TPSA) is 81.8 Å². The molecular weight excluding hydrogens is 205 g/mol. The first-order valence-electron chi connectivity index (χ1n) is 4.52. The third-order valence-electron chi connectivity index (χ3n) is 1.96. The molecule has 1 unspecified atom stereocenters. The summed E-state index contributed by atoms with van der Waals surface area (Å²) in [5.74, 6) is -0.943. The number of hydrogen-bond acceptors (Lipinski definition) is 5. The maximum absolute atomic E-state index is 11.7. The van der Waals surface area contributed by atoms with E-state index in [1.54, 1.807) is 0 Å². The van der Waals surface area contributed by atoms with Gasteiger partial charge in [0.15, 0.2) is 5.85 Å². The van der Waals surface area contributed by atoms with Gasteiger partial charge in [0.05, 0.1) is 0 Å². The smallest absolute Gasteiger partial charge is 0.359 e. The molecule has 14 heavy (non-hydrogen) atoms. The Labute approximate surface area is 85.1 Å². The van der Waals surface area contributed by atoms with Gasteiger partial charge in [-0.15, -0.1) is 0 Å². The van der Waals surface area contributed by atoms with Crippen molar-refractivity contribution in [1.29, 1.82) is 0 Å². The molecule has 2 atom stereocenters. The van der Waals surface area contributed by atoms with Crippen LogP contribution in [0.3, 0.4) is 0 Å². The zero-order valence-electron chi connectivity index (χ0n) is 9.14. The van der Waals surface area contributed by atoms with Gasteiger partial charge in [-0.25, -0.2) is 0 Å².